The molecule has 1 aromatic carbocycles. The lowest BCUT2D eigenvalue weighted by Crippen LogP contribution is -1.96. The highest BCUT2D eigenvalue weighted by molar-refractivity contribution is 9.10. The fourth-order valence-electron chi connectivity index (χ4n) is 1.46. The Bertz CT molecular complexity index is 532. The van der Waals surface area contributed by atoms with Crippen molar-refractivity contribution in [1.82, 2.24) is 0 Å². The Kier molecular flexibility index (Phi) is 3.82. The van der Waals surface area contributed by atoms with Gasteiger partial charge in [0.1, 0.15) is 0 Å². The summed E-state index contributed by atoms with van der Waals surface area (Å²) in [4.78, 5) is 2.58. The SMILES string of the molecule is Cc1sc(CNc2ccc(C#N)cc2)cc1Br. The van der Waals surface area contributed by atoms with Crippen LogP contribution in [0.5, 0.6) is 0 Å². The fraction of sp³-hybridized carbons (Fsp3) is 0.154. The van der Waals surface area contributed by atoms with Gasteiger partial charge >= 0.3 is 0 Å². The van der Waals surface area contributed by atoms with E-state index in [0.717, 1.165) is 12.2 Å². The van der Waals surface area contributed by atoms with Gasteiger partial charge in [-0.2, -0.15) is 5.26 Å². The summed E-state index contributed by atoms with van der Waals surface area (Å²) in [5.74, 6) is 0. The lowest BCUT2D eigenvalue weighted by Gasteiger charge is -2.04. The summed E-state index contributed by atoms with van der Waals surface area (Å²) in [5.41, 5.74) is 1.72. The first-order valence-corrected chi connectivity index (χ1v) is 6.79. The van der Waals surface area contributed by atoms with E-state index in [4.69, 9.17) is 5.26 Å². The minimum atomic E-state index is 0.685. The van der Waals surface area contributed by atoms with Crippen molar-refractivity contribution in [3.63, 3.8) is 0 Å². The predicted molar refractivity (Wildman–Crippen MR) is 75.2 cm³/mol. The zero-order valence-corrected chi connectivity index (χ0v) is 11.7. The Morgan fingerprint density at radius 3 is 2.59 bits per heavy atom. The van der Waals surface area contributed by atoms with Crippen LogP contribution in [0.3, 0.4) is 0 Å². The normalized spacial score (nSPS) is 9.94. The number of halogens is 1. The molecular weight excluding hydrogens is 296 g/mol. The zero-order chi connectivity index (χ0) is 12.3. The van der Waals surface area contributed by atoms with Gasteiger partial charge in [-0.05, 0) is 53.2 Å². The van der Waals surface area contributed by atoms with Crippen molar-refractivity contribution in [3.05, 3.63) is 50.1 Å². The quantitative estimate of drug-likeness (QED) is 0.917. The summed E-state index contributed by atoms with van der Waals surface area (Å²) in [5, 5.41) is 12.0. The second-order valence-electron chi connectivity index (χ2n) is 3.66. The monoisotopic (exact) mass is 306 g/mol. The smallest absolute Gasteiger partial charge is 0.0991 e. The molecule has 2 rings (SSSR count). The van der Waals surface area contributed by atoms with E-state index in [1.165, 1.54) is 14.2 Å². The molecule has 17 heavy (non-hydrogen) atoms. The summed E-state index contributed by atoms with van der Waals surface area (Å²) in [6.07, 6.45) is 0. The third-order valence-corrected chi connectivity index (χ3v) is 4.53. The second kappa shape index (κ2) is 5.35. The van der Waals surface area contributed by atoms with Gasteiger partial charge in [0.2, 0.25) is 0 Å². The molecule has 1 aromatic heterocycles. The molecule has 0 aliphatic rings. The maximum absolute atomic E-state index is 8.70. The first-order valence-electron chi connectivity index (χ1n) is 5.18. The Morgan fingerprint density at radius 1 is 1.35 bits per heavy atom. The van der Waals surface area contributed by atoms with Crippen molar-refractivity contribution < 1.29 is 0 Å². The Hall–Kier alpha value is -1.31. The van der Waals surface area contributed by atoms with Crippen molar-refractivity contribution in [3.8, 4) is 6.07 Å². The molecule has 0 unspecified atom stereocenters. The molecule has 0 saturated carbocycles. The molecule has 0 amide bonds. The van der Waals surface area contributed by atoms with Crippen molar-refractivity contribution in [2.75, 3.05) is 5.32 Å². The summed E-state index contributed by atoms with van der Waals surface area (Å²) in [6, 6.07) is 11.7. The molecule has 0 spiro atoms. The molecule has 4 heteroatoms. The van der Waals surface area contributed by atoms with E-state index in [0.29, 0.717) is 5.56 Å². The van der Waals surface area contributed by atoms with Gasteiger partial charge in [-0.3, -0.25) is 0 Å². The van der Waals surface area contributed by atoms with Crippen LogP contribution in [0.4, 0.5) is 5.69 Å². The minimum absolute atomic E-state index is 0.685. The molecule has 0 atom stereocenters. The van der Waals surface area contributed by atoms with Crippen LogP contribution in [0.15, 0.2) is 34.8 Å². The molecule has 0 aliphatic heterocycles. The Morgan fingerprint density at radius 2 is 2.06 bits per heavy atom. The van der Waals surface area contributed by atoms with Crippen LogP contribution in [-0.4, -0.2) is 0 Å². The molecule has 0 saturated heterocycles. The minimum Gasteiger partial charge on any atom is -0.380 e. The van der Waals surface area contributed by atoms with Gasteiger partial charge in [0, 0.05) is 26.5 Å². The van der Waals surface area contributed by atoms with E-state index in [9.17, 15) is 0 Å². The standard InChI is InChI=1S/C13H11BrN2S/c1-9-13(14)6-12(17-9)8-16-11-4-2-10(7-15)3-5-11/h2-6,16H,8H2,1H3. The van der Waals surface area contributed by atoms with E-state index < -0.39 is 0 Å². The predicted octanol–water partition coefficient (Wildman–Crippen LogP) is 4.30. The lowest BCUT2D eigenvalue weighted by molar-refractivity contribution is 1.19. The van der Waals surface area contributed by atoms with Crippen molar-refractivity contribution in [2.24, 2.45) is 0 Å². The lowest BCUT2D eigenvalue weighted by atomic mass is 10.2. The largest absolute Gasteiger partial charge is 0.380 e. The Labute approximate surface area is 113 Å². The Balaban J connectivity index is 2.00. The van der Waals surface area contributed by atoms with Crippen molar-refractivity contribution in [2.45, 2.75) is 13.5 Å². The number of hydrogen-bond donors (Lipinski definition) is 1. The molecule has 2 aromatic rings. The van der Waals surface area contributed by atoms with E-state index in [2.05, 4.69) is 40.3 Å². The van der Waals surface area contributed by atoms with Crippen LogP contribution in [0, 0.1) is 18.3 Å². The molecule has 86 valence electrons. The first kappa shape index (κ1) is 12.2. The second-order valence-corrected chi connectivity index (χ2v) is 5.85. The van der Waals surface area contributed by atoms with Crippen molar-refractivity contribution >= 4 is 33.0 Å². The van der Waals surface area contributed by atoms with Gasteiger partial charge in [-0.1, -0.05) is 0 Å². The van der Waals surface area contributed by atoms with E-state index in [1.54, 1.807) is 11.3 Å². The van der Waals surface area contributed by atoms with Gasteiger partial charge in [0.15, 0.2) is 0 Å². The molecule has 0 bridgehead atoms. The van der Waals surface area contributed by atoms with Gasteiger partial charge < -0.3 is 5.32 Å². The topological polar surface area (TPSA) is 35.8 Å². The average Bonchev–Trinajstić information content (AvgIpc) is 2.67. The summed E-state index contributed by atoms with van der Waals surface area (Å²) in [6.45, 7) is 2.91. The van der Waals surface area contributed by atoms with Gasteiger partial charge in [0.25, 0.3) is 0 Å². The van der Waals surface area contributed by atoms with Gasteiger partial charge in [-0.25, -0.2) is 0 Å². The van der Waals surface area contributed by atoms with E-state index in [1.807, 2.05) is 24.3 Å². The number of nitrogens with zero attached hydrogens (tertiary/aromatic N) is 1. The van der Waals surface area contributed by atoms with Gasteiger partial charge in [-0.15, -0.1) is 11.3 Å². The highest BCUT2D eigenvalue weighted by Crippen LogP contribution is 2.26. The molecule has 1 N–H and O–H groups in total. The maximum atomic E-state index is 8.70. The van der Waals surface area contributed by atoms with E-state index in [-0.39, 0.29) is 0 Å². The number of nitrogens with one attached hydrogen (secondary N) is 1. The number of anilines is 1. The van der Waals surface area contributed by atoms with Crippen LogP contribution in [-0.2, 0) is 6.54 Å². The molecule has 1 heterocycles. The number of rotatable bonds is 3. The molecular formula is C13H11BrN2S. The van der Waals surface area contributed by atoms with Crippen molar-refractivity contribution in [1.29, 1.82) is 5.26 Å². The number of hydrogen-bond acceptors (Lipinski definition) is 3. The zero-order valence-electron chi connectivity index (χ0n) is 9.33. The van der Waals surface area contributed by atoms with Crippen LogP contribution in [0.1, 0.15) is 15.3 Å². The van der Waals surface area contributed by atoms with E-state index >= 15 is 0 Å². The first-order chi connectivity index (χ1) is 8.19. The third kappa shape index (κ3) is 3.09. The number of thiophene rings is 1. The summed E-state index contributed by atoms with van der Waals surface area (Å²) < 4.78 is 1.17. The number of aryl methyl sites for hydroxylation is 1. The summed E-state index contributed by atoms with van der Waals surface area (Å²) >= 11 is 5.29. The fourth-order valence-corrected chi connectivity index (χ4v) is 3.00. The molecule has 2 nitrogen and oxygen atoms in total. The third-order valence-electron chi connectivity index (χ3n) is 2.39. The molecule has 0 fully saturated rings. The van der Waals surface area contributed by atoms with Gasteiger partial charge in [0.05, 0.1) is 11.6 Å². The average molecular weight is 307 g/mol. The number of nitriles is 1. The maximum Gasteiger partial charge on any atom is 0.0991 e. The van der Waals surface area contributed by atoms with Crippen LogP contribution >= 0.6 is 27.3 Å². The highest BCUT2D eigenvalue weighted by atomic mass is 79.9. The van der Waals surface area contributed by atoms with Crippen LogP contribution < -0.4 is 5.32 Å². The summed E-state index contributed by atoms with van der Waals surface area (Å²) in [7, 11) is 0. The highest BCUT2D eigenvalue weighted by Gasteiger charge is 2.02. The number of benzene rings is 1. The van der Waals surface area contributed by atoms with Crippen LogP contribution in [0.2, 0.25) is 0 Å². The molecule has 0 aliphatic carbocycles. The van der Waals surface area contributed by atoms with Crippen LogP contribution in [0.25, 0.3) is 0 Å². The molecule has 0 radical (unpaired) electrons.